The maximum Gasteiger partial charge on any atom is 0.328 e. The van der Waals surface area contributed by atoms with Crippen LogP contribution in [-0.2, 0) is 34.1 Å². The quantitative estimate of drug-likeness (QED) is 0.334. The molecule has 2 N–H and O–H groups in total. The first-order valence-electron chi connectivity index (χ1n) is 11.9. The molecule has 9 heteroatoms. The highest BCUT2D eigenvalue weighted by molar-refractivity contribution is 7.94. The van der Waals surface area contributed by atoms with Crippen LogP contribution in [0, 0.1) is 13.8 Å². The Kier molecular flexibility index (Phi) is 7.80. The number of nitrogens with zero attached hydrogens (tertiary/aromatic N) is 1. The highest BCUT2D eigenvalue weighted by Gasteiger charge is 2.30. The Morgan fingerprint density at radius 3 is 2.61 bits per heavy atom. The molecule has 4 rings (SSSR count). The van der Waals surface area contributed by atoms with Crippen molar-refractivity contribution in [2.75, 3.05) is 5.32 Å². The number of aryl methyl sites for hydroxylation is 4. The molecule has 0 saturated heterocycles. The number of ether oxygens (including phenoxy) is 1. The van der Waals surface area contributed by atoms with Crippen LogP contribution >= 0.6 is 11.3 Å². The van der Waals surface area contributed by atoms with E-state index in [9.17, 15) is 13.2 Å². The van der Waals surface area contributed by atoms with Crippen molar-refractivity contribution < 1.29 is 23.1 Å². The van der Waals surface area contributed by atoms with Crippen LogP contribution in [0.3, 0.4) is 0 Å². The normalized spacial score (nSPS) is 14.1. The fourth-order valence-corrected chi connectivity index (χ4v) is 7.08. The monoisotopic (exact) mass is 526 g/mol. The second kappa shape index (κ2) is 10.8. The maximum atomic E-state index is 13.3. The molecule has 36 heavy (non-hydrogen) atoms. The lowest BCUT2D eigenvalue weighted by Gasteiger charge is -2.21. The van der Waals surface area contributed by atoms with Gasteiger partial charge in [-0.15, -0.1) is 11.3 Å². The van der Waals surface area contributed by atoms with Crippen molar-refractivity contribution in [3.05, 3.63) is 75.3 Å². The molecule has 1 aromatic heterocycles. The van der Waals surface area contributed by atoms with E-state index in [1.54, 1.807) is 18.4 Å². The highest BCUT2D eigenvalue weighted by Crippen LogP contribution is 2.36. The van der Waals surface area contributed by atoms with Crippen molar-refractivity contribution in [3.63, 3.8) is 0 Å². The number of nitrogens with one attached hydrogen (secondary N) is 1. The average Bonchev–Trinajstić information content (AvgIpc) is 3.48. The first kappa shape index (κ1) is 25.9. The number of fused-ring (bicyclic) bond motifs is 1. The fourth-order valence-electron chi connectivity index (χ4n) is 4.30. The van der Waals surface area contributed by atoms with Gasteiger partial charge in [0, 0.05) is 17.2 Å². The molecule has 3 aromatic rings. The molecule has 0 spiro atoms. The molecule has 0 saturated carbocycles. The van der Waals surface area contributed by atoms with Gasteiger partial charge in [-0.25, -0.2) is 18.2 Å². The van der Waals surface area contributed by atoms with E-state index in [1.165, 1.54) is 11.1 Å². The summed E-state index contributed by atoms with van der Waals surface area (Å²) in [5, 5.41) is 13.0. The van der Waals surface area contributed by atoms with Crippen molar-refractivity contribution in [2.45, 2.75) is 62.8 Å². The number of hydrogen-bond donors (Lipinski definition) is 2. The van der Waals surface area contributed by atoms with Crippen molar-refractivity contribution in [1.29, 1.82) is 0 Å². The van der Waals surface area contributed by atoms with E-state index in [0.29, 0.717) is 30.2 Å². The molecule has 1 atom stereocenters. The minimum Gasteiger partial charge on any atom is -0.487 e. The first-order chi connectivity index (χ1) is 17.2. The number of carboxylic acids is 1. The topological polar surface area (TPSA) is 106 Å². The molecule has 190 valence electrons. The molecular weight excluding hydrogens is 496 g/mol. The Balaban J connectivity index is 1.59. The number of hydrogen-bond acceptors (Lipinski definition) is 7. The lowest BCUT2D eigenvalue weighted by Crippen LogP contribution is -2.29. The lowest BCUT2D eigenvalue weighted by molar-refractivity contribution is -0.131. The lowest BCUT2D eigenvalue weighted by atomic mass is 10.1. The predicted molar refractivity (Wildman–Crippen MR) is 142 cm³/mol. The van der Waals surface area contributed by atoms with Gasteiger partial charge >= 0.3 is 5.97 Å². The van der Waals surface area contributed by atoms with Gasteiger partial charge in [0.05, 0.1) is 5.69 Å². The number of anilines is 1. The van der Waals surface area contributed by atoms with E-state index < -0.39 is 21.2 Å². The molecule has 1 aliphatic carbocycles. The summed E-state index contributed by atoms with van der Waals surface area (Å²) in [6.07, 6.45) is 6.04. The van der Waals surface area contributed by atoms with Crippen LogP contribution in [0.25, 0.3) is 6.08 Å². The Bertz CT molecular complexity index is 1410. The third kappa shape index (κ3) is 5.79. The molecule has 2 aromatic carbocycles. The van der Waals surface area contributed by atoms with Crippen molar-refractivity contribution in [3.8, 4) is 5.75 Å². The van der Waals surface area contributed by atoms with Gasteiger partial charge in [0.25, 0.3) is 0 Å². The number of aliphatic carboxylic acids is 1. The van der Waals surface area contributed by atoms with Crippen LogP contribution in [-0.4, -0.2) is 29.9 Å². The van der Waals surface area contributed by atoms with E-state index >= 15 is 0 Å². The second-order valence-electron chi connectivity index (χ2n) is 8.96. The zero-order valence-electron chi connectivity index (χ0n) is 20.6. The number of aromatic nitrogens is 1. The van der Waals surface area contributed by atoms with Crippen LogP contribution < -0.4 is 10.1 Å². The van der Waals surface area contributed by atoms with Gasteiger partial charge in [0.2, 0.25) is 14.2 Å². The van der Waals surface area contributed by atoms with E-state index in [0.717, 1.165) is 53.4 Å². The molecule has 1 heterocycles. The zero-order valence-corrected chi connectivity index (χ0v) is 22.2. The summed E-state index contributed by atoms with van der Waals surface area (Å²) in [6, 6.07) is 9.73. The van der Waals surface area contributed by atoms with E-state index in [1.807, 2.05) is 44.2 Å². The summed E-state index contributed by atoms with van der Waals surface area (Å²) in [5.74, 6) is -0.372. The number of rotatable bonds is 10. The van der Waals surface area contributed by atoms with Crippen LogP contribution in [0.1, 0.15) is 53.3 Å². The number of carboxylic acid groups (broad SMARTS) is 1. The third-order valence-corrected chi connectivity index (χ3v) is 9.78. The molecule has 1 aliphatic rings. The Morgan fingerprint density at radius 2 is 1.97 bits per heavy atom. The summed E-state index contributed by atoms with van der Waals surface area (Å²) in [4.78, 5) is 15.0. The Morgan fingerprint density at radius 1 is 1.22 bits per heavy atom. The largest absolute Gasteiger partial charge is 0.487 e. The smallest absolute Gasteiger partial charge is 0.328 e. The number of sulfone groups is 1. The van der Waals surface area contributed by atoms with Gasteiger partial charge in [-0.05, 0) is 85.6 Å². The summed E-state index contributed by atoms with van der Waals surface area (Å²) < 4.78 is 32.9. The second-order valence-corrected chi connectivity index (χ2v) is 12.1. The zero-order chi connectivity index (χ0) is 25.9. The number of carbonyl (C=O) groups is 1. The SMILES string of the molecule is CCC(Nc1cc2c(cc1OCc1ccc(/C=C/C(=O)O)cc1C)CCC2)S(=O)(=O)c1nc(C)cs1. The molecule has 0 fully saturated rings. The van der Waals surface area contributed by atoms with Crippen molar-refractivity contribution in [2.24, 2.45) is 0 Å². The molecule has 0 amide bonds. The Labute approximate surface area is 215 Å². The minimum atomic E-state index is -3.66. The summed E-state index contributed by atoms with van der Waals surface area (Å²) in [7, 11) is -3.66. The highest BCUT2D eigenvalue weighted by atomic mass is 32.2. The third-order valence-electron chi connectivity index (χ3n) is 6.27. The molecular formula is C27H30N2O5S2. The van der Waals surface area contributed by atoms with Gasteiger partial charge in [-0.3, -0.25) is 0 Å². The summed E-state index contributed by atoms with van der Waals surface area (Å²) in [5.41, 5.74) is 6.54. The van der Waals surface area contributed by atoms with E-state index in [4.69, 9.17) is 9.84 Å². The summed E-state index contributed by atoms with van der Waals surface area (Å²) in [6.45, 7) is 5.88. The fraction of sp³-hybridized carbons (Fsp3) is 0.333. The van der Waals surface area contributed by atoms with Crippen molar-refractivity contribution in [1.82, 2.24) is 4.98 Å². The number of thiazole rings is 1. The van der Waals surface area contributed by atoms with Gasteiger partial charge in [-0.2, -0.15) is 0 Å². The van der Waals surface area contributed by atoms with Gasteiger partial charge in [-0.1, -0.05) is 25.1 Å². The van der Waals surface area contributed by atoms with Crippen LogP contribution in [0.2, 0.25) is 0 Å². The first-order valence-corrected chi connectivity index (χ1v) is 14.3. The van der Waals surface area contributed by atoms with Crippen LogP contribution in [0.15, 0.2) is 46.1 Å². The summed E-state index contributed by atoms with van der Waals surface area (Å²) >= 11 is 1.14. The maximum absolute atomic E-state index is 13.3. The van der Waals surface area contributed by atoms with Crippen LogP contribution in [0.4, 0.5) is 5.69 Å². The molecule has 0 aliphatic heterocycles. The van der Waals surface area contributed by atoms with Crippen molar-refractivity contribution >= 4 is 38.9 Å². The molecule has 0 bridgehead atoms. The average molecular weight is 527 g/mol. The van der Waals surface area contributed by atoms with Crippen LogP contribution in [0.5, 0.6) is 5.75 Å². The molecule has 1 unspecified atom stereocenters. The standard InChI is InChI=1S/C27H30N2O5S2/c1-4-25(36(32,33)27-28-18(3)16-35-27)29-23-13-20-6-5-7-21(20)14-24(23)34-15-22-10-8-19(12-17(22)2)9-11-26(30)31/h8-14,16,25,29H,4-7,15H2,1-3H3,(H,30,31)/b11-9+. The Hall–Kier alpha value is -3.17. The van der Waals surface area contributed by atoms with Gasteiger partial charge < -0.3 is 15.2 Å². The predicted octanol–water partition coefficient (Wildman–Crippen LogP) is 5.55. The minimum absolute atomic E-state index is 0.121. The number of benzene rings is 2. The van der Waals surface area contributed by atoms with E-state index in [-0.39, 0.29) is 4.34 Å². The molecule has 0 radical (unpaired) electrons. The molecule has 7 nitrogen and oxygen atoms in total. The van der Waals surface area contributed by atoms with Gasteiger partial charge in [0.1, 0.15) is 17.7 Å². The van der Waals surface area contributed by atoms with Gasteiger partial charge in [0.15, 0.2) is 0 Å². The van der Waals surface area contributed by atoms with E-state index in [2.05, 4.69) is 10.3 Å².